The molecular formula is C8H12N4O4S. The predicted octanol–water partition coefficient (Wildman–Crippen LogP) is 0.533. The molecule has 0 fully saturated rings. The first-order valence-corrected chi connectivity index (χ1v) is 5.57. The summed E-state index contributed by atoms with van der Waals surface area (Å²) < 4.78 is 4.81. The molecule has 0 bridgehead atoms. The summed E-state index contributed by atoms with van der Waals surface area (Å²) >= 11 is 1.09. The number of carboxylic acids is 1. The Morgan fingerprint density at radius 3 is 2.82 bits per heavy atom. The zero-order chi connectivity index (χ0) is 12.7. The summed E-state index contributed by atoms with van der Waals surface area (Å²) in [6.45, 7) is 0.286. The molecule has 94 valence electrons. The number of carbonyl (C=O) groups excluding carboxylic acids is 1. The number of nitrogens with one attached hydrogen (secondary N) is 2. The summed E-state index contributed by atoms with van der Waals surface area (Å²) in [6, 6.07) is -0.450. The van der Waals surface area contributed by atoms with Gasteiger partial charge in [0.25, 0.3) is 5.19 Å². The Kier molecular flexibility index (Phi) is 5.14. The van der Waals surface area contributed by atoms with Gasteiger partial charge in [0.1, 0.15) is 0 Å². The van der Waals surface area contributed by atoms with Crippen LogP contribution < -0.4 is 15.4 Å². The smallest absolute Gasteiger partial charge is 0.321 e. The van der Waals surface area contributed by atoms with Crippen molar-refractivity contribution in [3.8, 4) is 5.19 Å². The van der Waals surface area contributed by atoms with Crippen molar-refractivity contribution in [3.05, 3.63) is 0 Å². The van der Waals surface area contributed by atoms with Crippen LogP contribution >= 0.6 is 11.3 Å². The Balaban J connectivity index is 2.22. The van der Waals surface area contributed by atoms with Crippen LogP contribution in [0.2, 0.25) is 0 Å². The third-order valence-corrected chi connectivity index (χ3v) is 2.45. The van der Waals surface area contributed by atoms with E-state index in [0.29, 0.717) is 16.7 Å². The molecule has 8 nitrogen and oxygen atoms in total. The van der Waals surface area contributed by atoms with Crippen LogP contribution in [-0.2, 0) is 4.79 Å². The van der Waals surface area contributed by atoms with Gasteiger partial charge in [0, 0.05) is 13.0 Å². The van der Waals surface area contributed by atoms with Gasteiger partial charge in [0.05, 0.1) is 7.11 Å². The molecular weight excluding hydrogens is 248 g/mol. The fourth-order valence-corrected chi connectivity index (χ4v) is 1.48. The van der Waals surface area contributed by atoms with E-state index in [1.165, 1.54) is 7.11 Å². The number of rotatable bonds is 6. The number of anilines is 1. The molecule has 0 atom stereocenters. The number of aromatic nitrogens is 2. The maximum Gasteiger partial charge on any atom is 0.321 e. The summed E-state index contributed by atoms with van der Waals surface area (Å²) in [4.78, 5) is 21.5. The Hall–Kier alpha value is -1.90. The molecule has 1 heterocycles. The minimum atomic E-state index is -0.888. The van der Waals surface area contributed by atoms with E-state index in [4.69, 9.17) is 9.84 Å². The number of aliphatic carboxylic acids is 1. The second-order valence-electron chi connectivity index (χ2n) is 2.96. The topological polar surface area (TPSA) is 113 Å². The molecule has 17 heavy (non-hydrogen) atoms. The average Bonchev–Trinajstić information content (AvgIpc) is 2.72. The van der Waals surface area contributed by atoms with Crippen LogP contribution in [0.3, 0.4) is 0 Å². The molecule has 1 aromatic rings. The third kappa shape index (κ3) is 5.11. The van der Waals surface area contributed by atoms with Crippen molar-refractivity contribution in [1.29, 1.82) is 0 Å². The van der Waals surface area contributed by atoms with Crippen molar-refractivity contribution in [2.24, 2.45) is 0 Å². The van der Waals surface area contributed by atoms with Crippen molar-refractivity contribution in [1.82, 2.24) is 15.5 Å². The van der Waals surface area contributed by atoms with E-state index in [9.17, 15) is 9.59 Å². The Labute approximate surface area is 101 Å². The Bertz CT molecular complexity index is 395. The van der Waals surface area contributed by atoms with Gasteiger partial charge in [-0.05, 0) is 17.8 Å². The standard InChI is InChI=1S/C8H12N4O4S/c1-16-8-12-11-7(17-8)10-6(15)9-4-2-3-5(13)14/h2-4H2,1H3,(H,13,14)(H2,9,10,11,15). The van der Waals surface area contributed by atoms with Crippen LogP contribution in [0.1, 0.15) is 12.8 Å². The zero-order valence-corrected chi connectivity index (χ0v) is 9.91. The quantitative estimate of drug-likeness (QED) is 0.643. The maximum atomic E-state index is 11.3. The van der Waals surface area contributed by atoms with Gasteiger partial charge in [-0.3, -0.25) is 10.1 Å². The van der Waals surface area contributed by atoms with Crippen molar-refractivity contribution < 1.29 is 19.4 Å². The lowest BCUT2D eigenvalue weighted by molar-refractivity contribution is -0.137. The molecule has 0 saturated carbocycles. The van der Waals surface area contributed by atoms with Crippen LogP contribution in [0.25, 0.3) is 0 Å². The summed E-state index contributed by atoms with van der Waals surface area (Å²) in [6.07, 6.45) is 0.398. The van der Waals surface area contributed by atoms with Crippen LogP contribution in [-0.4, -0.2) is 41.0 Å². The minimum absolute atomic E-state index is 0.0207. The highest BCUT2D eigenvalue weighted by Gasteiger charge is 2.07. The zero-order valence-electron chi connectivity index (χ0n) is 9.10. The summed E-state index contributed by atoms with van der Waals surface area (Å²) in [7, 11) is 1.45. The predicted molar refractivity (Wildman–Crippen MR) is 60.4 cm³/mol. The molecule has 0 aliphatic heterocycles. The van der Waals surface area contributed by atoms with E-state index in [2.05, 4.69) is 20.8 Å². The molecule has 3 N–H and O–H groups in total. The fraction of sp³-hybridized carbons (Fsp3) is 0.500. The number of carboxylic acid groups (broad SMARTS) is 1. The fourth-order valence-electron chi connectivity index (χ4n) is 0.926. The lowest BCUT2D eigenvalue weighted by Gasteiger charge is -2.03. The molecule has 1 aromatic heterocycles. The number of amides is 2. The summed E-state index contributed by atoms with van der Waals surface area (Å²) in [5.41, 5.74) is 0. The van der Waals surface area contributed by atoms with Crippen molar-refractivity contribution in [3.63, 3.8) is 0 Å². The number of urea groups is 1. The van der Waals surface area contributed by atoms with Gasteiger partial charge in [-0.25, -0.2) is 4.79 Å². The first kappa shape index (κ1) is 13.2. The monoisotopic (exact) mass is 260 g/mol. The molecule has 0 aliphatic rings. The molecule has 9 heteroatoms. The molecule has 0 unspecified atom stereocenters. The maximum absolute atomic E-state index is 11.3. The van der Waals surface area contributed by atoms with Gasteiger partial charge in [-0.15, -0.1) is 5.10 Å². The van der Waals surface area contributed by atoms with Crippen molar-refractivity contribution in [2.45, 2.75) is 12.8 Å². The van der Waals surface area contributed by atoms with Gasteiger partial charge < -0.3 is 15.2 Å². The number of hydrogen-bond donors (Lipinski definition) is 3. The summed E-state index contributed by atoms with van der Waals surface area (Å²) in [5, 5.41) is 21.3. The summed E-state index contributed by atoms with van der Waals surface area (Å²) in [5.74, 6) is -0.888. The largest absolute Gasteiger partial charge is 0.481 e. The van der Waals surface area contributed by atoms with E-state index in [1.54, 1.807) is 0 Å². The van der Waals surface area contributed by atoms with Crippen molar-refractivity contribution >= 4 is 28.5 Å². The van der Waals surface area contributed by atoms with Gasteiger partial charge in [0.15, 0.2) is 0 Å². The number of methoxy groups -OCH3 is 1. The molecule has 0 aromatic carbocycles. The Morgan fingerprint density at radius 2 is 2.24 bits per heavy atom. The highest BCUT2D eigenvalue weighted by atomic mass is 32.1. The Morgan fingerprint density at radius 1 is 1.47 bits per heavy atom. The van der Waals surface area contributed by atoms with E-state index < -0.39 is 12.0 Å². The highest BCUT2D eigenvalue weighted by molar-refractivity contribution is 7.17. The molecule has 0 radical (unpaired) electrons. The van der Waals surface area contributed by atoms with E-state index in [1.807, 2.05) is 0 Å². The normalized spacial score (nSPS) is 9.71. The van der Waals surface area contributed by atoms with Crippen LogP contribution in [0.5, 0.6) is 5.19 Å². The molecule has 0 aliphatic carbocycles. The number of ether oxygens (including phenoxy) is 1. The molecule has 2 amide bonds. The molecule has 0 saturated heterocycles. The number of hydrogen-bond acceptors (Lipinski definition) is 6. The highest BCUT2D eigenvalue weighted by Crippen LogP contribution is 2.20. The van der Waals surface area contributed by atoms with Crippen LogP contribution in [0.15, 0.2) is 0 Å². The average molecular weight is 260 g/mol. The van der Waals surface area contributed by atoms with Gasteiger partial charge in [0.2, 0.25) is 5.13 Å². The second-order valence-corrected chi connectivity index (χ2v) is 3.90. The SMILES string of the molecule is COc1nnc(NC(=O)NCCCC(=O)O)s1. The van der Waals surface area contributed by atoms with Gasteiger partial charge >= 0.3 is 12.0 Å². The first-order valence-electron chi connectivity index (χ1n) is 4.76. The van der Waals surface area contributed by atoms with E-state index in [-0.39, 0.29) is 13.0 Å². The lowest BCUT2D eigenvalue weighted by atomic mass is 10.3. The minimum Gasteiger partial charge on any atom is -0.481 e. The second kappa shape index (κ2) is 6.63. The van der Waals surface area contributed by atoms with Gasteiger partial charge in [-0.1, -0.05) is 5.10 Å². The van der Waals surface area contributed by atoms with E-state index in [0.717, 1.165) is 11.3 Å². The van der Waals surface area contributed by atoms with Crippen LogP contribution in [0.4, 0.5) is 9.93 Å². The number of carbonyl (C=O) groups is 2. The lowest BCUT2D eigenvalue weighted by Crippen LogP contribution is -2.29. The van der Waals surface area contributed by atoms with E-state index >= 15 is 0 Å². The van der Waals surface area contributed by atoms with Gasteiger partial charge in [-0.2, -0.15) is 0 Å². The molecule has 1 rings (SSSR count). The van der Waals surface area contributed by atoms with Crippen LogP contribution in [0, 0.1) is 0 Å². The van der Waals surface area contributed by atoms with Crippen molar-refractivity contribution in [2.75, 3.05) is 19.0 Å². The third-order valence-electron chi connectivity index (χ3n) is 1.65. The number of nitrogens with zero attached hydrogens (tertiary/aromatic N) is 2. The molecule has 0 spiro atoms. The first-order chi connectivity index (χ1) is 8.11.